The van der Waals surface area contributed by atoms with E-state index in [4.69, 9.17) is 14.2 Å². The van der Waals surface area contributed by atoms with Crippen molar-refractivity contribution in [3.05, 3.63) is 42.1 Å². The molecule has 0 aliphatic rings. The third-order valence-electron chi connectivity index (χ3n) is 3.02. The van der Waals surface area contributed by atoms with Gasteiger partial charge in [0.1, 0.15) is 11.4 Å². The van der Waals surface area contributed by atoms with Crippen LogP contribution in [-0.2, 0) is 9.47 Å². The molecule has 1 N–H and O–H groups in total. The molecule has 5 heteroatoms. The Kier molecular flexibility index (Phi) is 5.40. The highest BCUT2D eigenvalue weighted by molar-refractivity contribution is 5.88. The van der Waals surface area contributed by atoms with Gasteiger partial charge in [-0.15, -0.1) is 0 Å². The van der Waals surface area contributed by atoms with Gasteiger partial charge in [0, 0.05) is 31.4 Å². The Labute approximate surface area is 123 Å². The Balaban J connectivity index is 2.15. The maximum absolute atomic E-state index is 11.5. The number of H-pyrrole nitrogens is 1. The van der Waals surface area contributed by atoms with Gasteiger partial charge >= 0.3 is 5.97 Å². The number of nitrogens with one attached hydrogen (secondary N) is 1. The van der Waals surface area contributed by atoms with Crippen molar-refractivity contribution in [3.8, 4) is 17.0 Å². The van der Waals surface area contributed by atoms with E-state index in [1.807, 2.05) is 30.3 Å². The van der Waals surface area contributed by atoms with Crippen LogP contribution >= 0.6 is 0 Å². The molecule has 0 amide bonds. The average Bonchev–Trinajstić information content (AvgIpc) is 3.01. The van der Waals surface area contributed by atoms with Gasteiger partial charge in [0.05, 0.1) is 13.7 Å². The quantitative estimate of drug-likeness (QED) is 0.629. The fourth-order valence-corrected chi connectivity index (χ4v) is 1.98. The maximum Gasteiger partial charge on any atom is 0.354 e. The molecule has 0 unspecified atom stereocenters. The van der Waals surface area contributed by atoms with Gasteiger partial charge in [-0.25, -0.2) is 4.79 Å². The average molecular weight is 289 g/mol. The summed E-state index contributed by atoms with van der Waals surface area (Å²) in [4.78, 5) is 14.5. The van der Waals surface area contributed by atoms with Crippen molar-refractivity contribution < 1.29 is 19.0 Å². The minimum Gasteiger partial charge on any atom is -0.493 e. The number of hydrogen-bond acceptors (Lipinski definition) is 4. The number of carbonyl (C=O) groups excluding carboxylic acids is 1. The van der Waals surface area contributed by atoms with Crippen molar-refractivity contribution >= 4 is 5.97 Å². The molecule has 21 heavy (non-hydrogen) atoms. The lowest BCUT2D eigenvalue weighted by molar-refractivity contribution is 0.0595. The molecule has 0 aliphatic carbocycles. The Morgan fingerprint density at radius 1 is 1.10 bits per heavy atom. The van der Waals surface area contributed by atoms with Crippen LogP contribution in [0.5, 0.6) is 5.75 Å². The highest BCUT2D eigenvalue weighted by Crippen LogP contribution is 2.29. The SMILES string of the molecule is COCCCOc1ccccc1-c1ccc(C(=O)OC)[nH]1. The van der Waals surface area contributed by atoms with Gasteiger partial charge in [0.25, 0.3) is 0 Å². The van der Waals surface area contributed by atoms with Crippen molar-refractivity contribution in [2.75, 3.05) is 27.4 Å². The summed E-state index contributed by atoms with van der Waals surface area (Å²) in [5.74, 6) is 0.381. The van der Waals surface area contributed by atoms with Gasteiger partial charge in [-0.1, -0.05) is 12.1 Å². The summed E-state index contributed by atoms with van der Waals surface area (Å²) < 4.78 is 15.5. The number of carbonyl (C=O) groups is 1. The monoisotopic (exact) mass is 289 g/mol. The molecule has 2 rings (SSSR count). The van der Waals surface area contributed by atoms with Crippen LogP contribution < -0.4 is 4.74 Å². The molecule has 112 valence electrons. The first kappa shape index (κ1) is 15.1. The van der Waals surface area contributed by atoms with E-state index < -0.39 is 0 Å². The number of methoxy groups -OCH3 is 2. The zero-order valence-electron chi connectivity index (χ0n) is 12.2. The Morgan fingerprint density at radius 2 is 1.90 bits per heavy atom. The number of esters is 1. The zero-order valence-corrected chi connectivity index (χ0v) is 12.2. The molecule has 5 nitrogen and oxygen atoms in total. The van der Waals surface area contributed by atoms with E-state index >= 15 is 0 Å². The lowest BCUT2D eigenvalue weighted by Crippen LogP contribution is -2.03. The van der Waals surface area contributed by atoms with Crippen LogP contribution in [0.4, 0.5) is 0 Å². The van der Waals surface area contributed by atoms with Crippen molar-refractivity contribution in [3.63, 3.8) is 0 Å². The molecule has 0 atom stereocenters. The van der Waals surface area contributed by atoms with E-state index in [1.54, 1.807) is 13.2 Å². The lowest BCUT2D eigenvalue weighted by atomic mass is 10.1. The predicted octanol–water partition coefficient (Wildman–Crippen LogP) is 2.88. The van der Waals surface area contributed by atoms with E-state index in [0.29, 0.717) is 18.9 Å². The molecule has 0 saturated heterocycles. The largest absolute Gasteiger partial charge is 0.493 e. The normalized spacial score (nSPS) is 10.4. The molecule has 1 aromatic carbocycles. The van der Waals surface area contributed by atoms with E-state index in [9.17, 15) is 4.79 Å². The van der Waals surface area contributed by atoms with Gasteiger partial charge in [-0.05, 0) is 24.3 Å². The third kappa shape index (κ3) is 3.86. The van der Waals surface area contributed by atoms with E-state index in [1.165, 1.54) is 7.11 Å². The smallest absolute Gasteiger partial charge is 0.354 e. The molecule has 0 radical (unpaired) electrons. The van der Waals surface area contributed by atoms with Gasteiger partial charge in [-0.3, -0.25) is 0 Å². The topological polar surface area (TPSA) is 60.6 Å². The Bertz CT molecular complexity index is 591. The molecular weight excluding hydrogens is 270 g/mol. The van der Waals surface area contributed by atoms with Crippen molar-refractivity contribution in [2.45, 2.75) is 6.42 Å². The second kappa shape index (κ2) is 7.50. The number of aromatic nitrogens is 1. The summed E-state index contributed by atoms with van der Waals surface area (Å²) in [5, 5.41) is 0. The van der Waals surface area contributed by atoms with Gasteiger partial charge in [-0.2, -0.15) is 0 Å². The second-order valence-corrected chi connectivity index (χ2v) is 4.47. The summed E-state index contributed by atoms with van der Waals surface area (Å²) in [6, 6.07) is 11.2. The predicted molar refractivity (Wildman–Crippen MR) is 79.6 cm³/mol. The van der Waals surface area contributed by atoms with Crippen LogP contribution in [0.15, 0.2) is 36.4 Å². The summed E-state index contributed by atoms with van der Waals surface area (Å²) in [6.45, 7) is 1.24. The highest BCUT2D eigenvalue weighted by atomic mass is 16.5. The number of aromatic amines is 1. The number of benzene rings is 1. The fourth-order valence-electron chi connectivity index (χ4n) is 1.98. The van der Waals surface area contributed by atoms with Crippen molar-refractivity contribution in [1.82, 2.24) is 4.98 Å². The summed E-state index contributed by atoms with van der Waals surface area (Å²) in [5.41, 5.74) is 2.14. The summed E-state index contributed by atoms with van der Waals surface area (Å²) >= 11 is 0. The number of rotatable bonds is 7. The standard InChI is InChI=1S/C16H19NO4/c1-19-10-5-11-21-15-7-4-3-6-12(15)13-8-9-14(17-13)16(18)20-2/h3-4,6-9,17H,5,10-11H2,1-2H3. The van der Waals surface area contributed by atoms with Crippen LogP contribution in [0.3, 0.4) is 0 Å². The first-order valence-electron chi connectivity index (χ1n) is 6.74. The first-order chi connectivity index (χ1) is 10.3. The minimum atomic E-state index is -0.389. The van der Waals surface area contributed by atoms with E-state index in [0.717, 1.165) is 23.4 Å². The van der Waals surface area contributed by atoms with E-state index in [-0.39, 0.29) is 5.97 Å². The number of para-hydroxylation sites is 1. The van der Waals surface area contributed by atoms with Crippen LogP contribution in [-0.4, -0.2) is 38.4 Å². The van der Waals surface area contributed by atoms with Crippen LogP contribution in [0.25, 0.3) is 11.3 Å². The molecule has 0 aliphatic heterocycles. The van der Waals surface area contributed by atoms with Crippen molar-refractivity contribution in [2.24, 2.45) is 0 Å². The van der Waals surface area contributed by atoms with Gasteiger partial charge in [0.15, 0.2) is 0 Å². The first-order valence-corrected chi connectivity index (χ1v) is 6.74. The maximum atomic E-state index is 11.5. The van der Waals surface area contributed by atoms with Crippen LogP contribution in [0, 0.1) is 0 Å². The molecule has 0 bridgehead atoms. The molecule has 0 saturated carbocycles. The minimum absolute atomic E-state index is 0.389. The highest BCUT2D eigenvalue weighted by Gasteiger charge is 2.12. The third-order valence-corrected chi connectivity index (χ3v) is 3.02. The fraction of sp³-hybridized carbons (Fsp3) is 0.312. The summed E-state index contributed by atoms with van der Waals surface area (Å²) in [7, 11) is 3.02. The van der Waals surface area contributed by atoms with Crippen LogP contribution in [0.2, 0.25) is 0 Å². The van der Waals surface area contributed by atoms with Gasteiger partial charge in [0.2, 0.25) is 0 Å². The molecule has 1 heterocycles. The summed E-state index contributed by atoms with van der Waals surface area (Å²) in [6.07, 6.45) is 0.822. The van der Waals surface area contributed by atoms with Crippen LogP contribution in [0.1, 0.15) is 16.9 Å². The van der Waals surface area contributed by atoms with E-state index in [2.05, 4.69) is 4.98 Å². The zero-order chi connectivity index (χ0) is 15.1. The Morgan fingerprint density at radius 3 is 2.67 bits per heavy atom. The molecular formula is C16H19NO4. The Hall–Kier alpha value is -2.27. The number of ether oxygens (including phenoxy) is 3. The second-order valence-electron chi connectivity index (χ2n) is 4.47. The lowest BCUT2D eigenvalue weighted by Gasteiger charge is -2.10. The molecule has 2 aromatic rings. The van der Waals surface area contributed by atoms with Crippen molar-refractivity contribution in [1.29, 1.82) is 0 Å². The van der Waals surface area contributed by atoms with Gasteiger partial charge < -0.3 is 19.2 Å². The number of hydrogen-bond donors (Lipinski definition) is 1. The molecule has 0 fully saturated rings. The molecule has 0 spiro atoms. The molecule has 1 aromatic heterocycles.